The minimum absolute atomic E-state index is 0.322. The normalized spacial score (nSPS) is 11.8. The van der Waals surface area contributed by atoms with Gasteiger partial charge in [0.1, 0.15) is 11.5 Å². The van der Waals surface area contributed by atoms with Crippen LogP contribution in [0.1, 0.15) is 0 Å². The molecule has 0 bridgehead atoms. The van der Waals surface area contributed by atoms with Gasteiger partial charge in [-0.3, -0.25) is 0 Å². The van der Waals surface area contributed by atoms with Gasteiger partial charge in [0.2, 0.25) is 0 Å². The molecule has 0 amide bonds. The Morgan fingerprint density at radius 3 is 1.37 bits per heavy atom. The summed E-state index contributed by atoms with van der Waals surface area (Å²) >= 11 is 0. The molecule has 1 aliphatic rings. The minimum Gasteiger partial charge on any atom is -0.508 e. The van der Waals surface area contributed by atoms with E-state index >= 15 is 0 Å². The van der Waals surface area contributed by atoms with E-state index in [1.165, 1.54) is 5.75 Å². The predicted molar refractivity (Wildman–Crippen MR) is 85.4 cm³/mol. The average molecular weight is 292 g/mol. The first-order valence-corrected chi connectivity index (χ1v) is 8.08. The SMILES string of the molecule is C1=CSSC1.Oc1ccccc1.Oc1ccccc1. The second-order valence-electron chi connectivity index (χ2n) is 3.42. The molecule has 2 aromatic carbocycles. The van der Waals surface area contributed by atoms with Crippen molar-refractivity contribution in [2.24, 2.45) is 0 Å². The highest BCUT2D eigenvalue weighted by Crippen LogP contribution is 2.27. The van der Waals surface area contributed by atoms with Crippen molar-refractivity contribution in [1.82, 2.24) is 0 Å². The van der Waals surface area contributed by atoms with Crippen LogP contribution in [-0.4, -0.2) is 16.0 Å². The zero-order valence-electron chi connectivity index (χ0n) is 10.3. The Kier molecular flexibility index (Phi) is 8.51. The predicted octanol–water partition coefficient (Wildman–Crippen LogP) is 4.68. The maximum atomic E-state index is 8.63. The number of hydrogen-bond acceptors (Lipinski definition) is 4. The van der Waals surface area contributed by atoms with Gasteiger partial charge in [-0.05, 0) is 29.7 Å². The Morgan fingerprint density at radius 2 is 1.21 bits per heavy atom. The molecule has 0 saturated heterocycles. The summed E-state index contributed by atoms with van der Waals surface area (Å²) in [4.78, 5) is 0. The molecule has 1 heterocycles. The van der Waals surface area contributed by atoms with Gasteiger partial charge in [0.05, 0.1) is 0 Å². The molecule has 0 saturated carbocycles. The topological polar surface area (TPSA) is 40.5 Å². The monoisotopic (exact) mass is 292 g/mol. The van der Waals surface area contributed by atoms with Crippen LogP contribution < -0.4 is 0 Å². The molecule has 0 fully saturated rings. The van der Waals surface area contributed by atoms with Crippen LogP contribution in [0.4, 0.5) is 0 Å². The summed E-state index contributed by atoms with van der Waals surface area (Å²) in [5.74, 6) is 1.84. The standard InChI is InChI=1S/2C6H6O.C3H4S2/c2*7-6-4-2-1-3-5-6;1-2-4-5-3-1/h2*1-5,7H;1-2H,3H2. The van der Waals surface area contributed by atoms with Gasteiger partial charge in [0.15, 0.2) is 0 Å². The molecule has 3 rings (SSSR count). The molecular weight excluding hydrogens is 276 g/mol. The van der Waals surface area contributed by atoms with Crippen LogP contribution in [0.25, 0.3) is 0 Å². The number of aromatic hydroxyl groups is 2. The third kappa shape index (κ3) is 9.11. The molecule has 19 heavy (non-hydrogen) atoms. The second-order valence-corrected chi connectivity index (χ2v) is 5.74. The first-order chi connectivity index (χ1) is 9.29. The van der Waals surface area contributed by atoms with Crippen molar-refractivity contribution in [3.8, 4) is 11.5 Å². The van der Waals surface area contributed by atoms with Crippen LogP contribution in [0, 0.1) is 0 Å². The molecular formula is C15H16O2S2. The third-order valence-corrected chi connectivity index (χ3v) is 3.81. The number of phenols is 2. The Balaban J connectivity index is 0.000000145. The van der Waals surface area contributed by atoms with Gasteiger partial charge in [-0.2, -0.15) is 0 Å². The summed E-state index contributed by atoms with van der Waals surface area (Å²) in [6, 6.07) is 17.4. The summed E-state index contributed by atoms with van der Waals surface area (Å²) in [5, 5.41) is 19.4. The lowest BCUT2D eigenvalue weighted by Crippen LogP contribution is -1.56. The smallest absolute Gasteiger partial charge is 0.115 e. The lowest BCUT2D eigenvalue weighted by molar-refractivity contribution is 0.475. The van der Waals surface area contributed by atoms with Crippen LogP contribution in [0.2, 0.25) is 0 Å². The van der Waals surface area contributed by atoms with Crippen molar-refractivity contribution >= 4 is 21.6 Å². The molecule has 2 nitrogen and oxygen atoms in total. The Labute approximate surface area is 121 Å². The van der Waals surface area contributed by atoms with Gasteiger partial charge in [-0.1, -0.05) is 64.1 Å². The van der Waals surface area contributed by atoms with Crippen LogP contribution in [0.5, 0.6) is 11.5 Å². The molecule has 2 N–H and O–H groups in total. The van der Waals surface area contributed by atoms with E-state index in [2.05, 4.69) is 11.5 Å². The molecule has 0 atom stereocenters. The van der Waals surface area contributed by atoms with E-state index in [0.717, 1.165) is 0 Å². The quantitative estimate of drug-likeness (QED) is 0.692. The maximum Gasteiger partial charge on any atom is 0.115 e. The van der Waals surface area contributed by atoms with E-state index in [4.69, 9.17) is 10.2 Å². The summed E-state index contributed by atoms with van der Waals surface area (Å²) in [6.07, 6.45) is 2.16. The van der Waals surface area contributed by atoms with E-state index in [1.807, 2.05) is 33.7 Å². The Morgan fingerprint density at radius 1 is 0.737 bits per heavy atom. The van der Waals surface area contributed by atoms with Crippen molar-refractivity contribution in [1.29, 1.82) is 0 Å². The van der Waals surface area contributed by atoms with E-state index in [9.17, 15) is 0 Å². The van der Waals surface area contributed by atoms with Crippen molar-refractivity contribution in [2.45, 2.75) is 0 Å². The number of hydrogen-bond donors (Lipinski definition) is 2. The van der Waals surface area contributed by atoms with Crippen LogP contribution in [-0.2, 0) is 0 Å². The van der Waals surface area contributed by atoms with E-state index < -0.39 is 0 Å². The van der Waals surface area contributed by atoms with Gasteiger partial charge in [0, 0.05) is 5.75 Å². The fraction of sp³-hybridized carbons (Fsp3) is 0.0667. The van der Waals surface area contributed by atoms with Crippen molar-refractivity contribution in [3.05, 3.63) is 72.1 Å². The van der Waals surface area contributed by atoms with E-state index in [-0.39, 0.29) is 0 Å². The van der Waals surface area contributed by atoms with Crippen LogP contribution in [0.15, 0.2) is 72.1 Å². The highest BCUT2D eigenvalue weighted by atomic mass is 33.1. The molecule has 0 spiro atoms. The molecule has 0 aliphatic carbocycles. The van der Waals surface area contributed by atoms with Gasteiger partial charge in [-0.15, -0.1) is 0 Å². The molecule has 100 valence electrons. The molecule has 2 aromatic rings. The third-order valence-electron chi connectivity index (χ3n) is 1.90. The number of phenolic OH excluding ortho intramolecular Hbond substituents is 2. The van der Waals surface area contributed by atoms with Gasteiger partial charge in [-0.25, -0.2) is 0 Å². The number of benzene rings is 2. The summed E-state index contributed by atoms with van der Waals surface area (Å²) in [5.41, 5.74) is 0. The molecule has 1 aliphatic heterocycles. The molecule has 0 unspecified atom stereocenters. The first kappa shape index (κ1) is 15.5. The van der Waals surface area contributed by atoms with E-state index in [0.29, 0.717) is 11.5 Å². The van der Waals surface area contributed by atoms with Crippen LogP contribution >= 0.6 is 21.6 Å². The van der Waals surface area contributed by atoms with Gasteiger partial charge in [0.25, 0.3) is 0 Å². The van der Waals surface area contributed by atoms with Crippen molar-refractivity contribution < 1.29 is 10.2 Å². The van der Waals surface area contributed by atoms with Gasteiger partial charge >= 0.3 is 0 Å². The fourth-order valence-electron chi connectivity index (χ4n) is 1.05. The van der Waals surface area contributed by atoms with Crippen molar-refractivity contribution in [2.75, 3.05) is 5.75 Å². The van der Waals surface area contributed by atoms with E-state index in [1.54, 1.807) is 48.5 Å². The van der Waals surface area contributed by atoms with Gasteiger partial charge < -0.3 is 10.2 Å². The average Bonchev–Trinajstić information content (AvgIpc) is 3.00. The first-order valence-electron chi connectivity index (χ1n) is 5.70. The lowest BCUT2D eigenvalue weighted by atomic mass is 10.3. The molecule has 0 radical (unpaired) electrons. The second kappa shape index (κ2) is 10.4. The minimum atomic E-state index is 0.322. The highest BCUT2D eigenvalue weighted by Gasteiger charge is 1.86. The largest absolute Gasteiger partial charge is 0.508 e. The molecule has 4 heteroatoms. The molecule has 0 aromatic heterocycles. The highest BCUT2D eigenvalue weighted by molar-refractivity contribution is 8.78. The number of para-hydroxylation sites is 2. The summed E-state index contributed by atoms with van der Waals surface area (Å²) in [7, 11) is 3.69. The Bertz CT molecular complexity index is 415. The Hall–Kier alpha value is -1.52. The van der Waals surface area contributed by atoms with Crippen molar-refractivity contribution in [3.63, 3.8) is 0 Å². The summed E-state index contributed by atoms with van der Waals surface area (Å²) < 4.78 is 0. The fourth-order valence-corrected chi connectivity index (χ4v) is 2.62. The zero-order chi connectivity index (χ0) is 13.8. The maximum absolute atomic E-state index is 8.63. The zero-order valence-corrected chi connectivity index (χ0v) is 12.0. The summed E-state index contributed by atoms with van der Waals surface area (Å²) in [6.45, 7) is 0. The van der Waals surface area contributed by atoms with Crippen LogP contribution in [0.3, 0.4) is 0 Å². The number of rotatable bonds is 0. The lowest BCUT2D eigenvalue weighted by Gasteiger charge is -1.82.